The first-order chi connectivity index (χ1) is 10.5. The molecule has 0 radical (unpaired) electrons. The fourth-order valence-electron chi connectivity index (χ4n) is 3.30. The first-order valence-corrected chi connectivity index (χ1v) is 8.67. The molecule has 1 amide bonds. The molecule has 0 spiro atoms. The normalized spacial score (nSPS) is 23.2. The summed E-state index contributed by atoms with van der Waals surface area (Å²) in [6, 6.07) is 8.08. The molecule has 7 heteroatoms. The quantitative estimate of drug-likeness (QED) is 0.862. The Hall–Kier alpha value is -0.880. The molecule has 134 valence electrons. The van der Waals surface area contributed by atoms with Crippen molar-refractivity contribution in [2.75, 3.05) is 7.05 Å². The van der Waals surface area contributed by atoms with Gasteiger partial charge in [-0.2, -0.15) is 0 Å². The molecule has 1 aliphatic carbocycles. The molecular formula is C17H25Cl2N3OS. The second kappa shape index (κ2) is 8.48. The number of amides is 1. The Labute approximate surface area is 159 Å². The van der Waals surface area contributed by atoms with Crippen molar-refractivity contribution in [3.05, 3.63) is 29.3 Å². The van der Waals surface area contributed by atoms with E-state index in [1.165, 1.54) is 4.70 Å². The van der Waals surface area contributed by atoms with Crippen LogP contribution >= 0.6 is 36.2 Å². The lowest BCUT2D eigenvalue weighted by molar-refractivity contribution is -0.138. The number of halogens is 2. The Kier molecular flexibility index (Phi) is 7.47. The van der Waals surface area contributed by atoms with Gasteiger partial charge in [0.25, 0.3) is 0 Å². The van der Waals surface area contributed by atoms with Crippen LogP contribution in [0, 0.1) is 5.92 Å². The summed E-state index contributed by atoms with van der Waals surface area (Å²) in [6.07, 6.45) is 4.05. The average molecular weight is 390 g/mol. The van der Waals surface area contributed by atoms with E-state index in [1.807, 2.05) is 32.2 Å². The number of carbonyl (C=O) groups excluding carboxylic acids is 1. The summed E-state index contributed by atoms with van der Waals surface area (Å²) in [5.74, 6) is 0.0876. The van der Waals surface area contributed by atoms with E-state index in [9.17, 15) is 4.79 Å². The Bertz CT molecular complexity index is 656. The SMILES string of the molecule is CN(Cc1nc2ccccc2s1)C(=O)C1CCCCC1(C)N.Cl.Cl. The number of nitrogens with two attached hydrogens (primary N) is 1. The highest BCUT2D eigenvalue weighted by Crippen LogP contribution is 2.33. The average Bonchev–Trinajstić information content (AvgIpc) is 2.88. The zero-order valence-electron chi connectivity index (χ0n) is 14.0. The predicted molar refractivity (Wildman–Crippen MR) is 105 cm³/mol. The standard InChI is InChI=1S/C17H23N3OS.2ClH/c1-17(18)10-6-5-7-12(17)16(21)20(2)11-15-19-13-8-3-4-9-14(13)22-15;;/h3-4,8-9,12H,5-7,10-11,18H2,1-2H3;2*1H. The Morgan fingerprint density at radius 2 is 2.08 bits per heavy atom. The number of aromatic nitrogens is 1. The molecule has 2 atom stereocenters. The van der Waals surface area contributed by atoms with E-state index in [1.54, 1.807) is 16.2 Å². The van der Waals surface area contributed by atoms with E-state index in [0.29, 0.717) is 6.54 Å². The molecule has 4 nitrogen and oxygen atoms in total. The van der Waals surface area contributed by atoms with Crippen molar-refractivity contribution in [3.8, 4) is 0 Å². The molecule has 2 N–H and O–H groups in total. The molecule has 1 aromatic carbocycles. The molecule has 24 heavy (non-hydrogen) atoms. The number of benzene rings is 1. The molecule has 1 saturated carbocycles. The van der Waals surface area contributed by atoms with E-state index in [0.717, 1.165) is 36.2 Å². The summed E-state index contributed by atoms with van der Waals surface area (Å²) in [5.41, 5.74) is 6.98. The molecule has 1 aliphatic rings. The lowest BCUT2D eigenvalue weighted by Crippen LogP contribution is -2.53. The third-order valence-electron chi connectivity index (χ3n) is 4.64. The maximum Gasteiger partial charge on any atom is 0.227 e. The fraction of sp³-hybridized carbons (Fsp3) is 0.529. The molecule has 1 fully saturated rings. The van der Waals surface area contributed by atoms with Gasteiger partial charge in [-0.15, -0.1) is 36.2 Å². The highest BCUT2D eigenvalue weighted by atomic mass is 35.5. The van der Waals surface area contributed by atoms with Crippen molar-refractivity contribution in [1.29, 1.82) is 0 Å². The summed E-state index contributed by atoms with van der Waals surface area (Å²) in [4.78, 5) is 19.2. The van der Waals surface area contributed by atoms with Crippen LogP contribution in [-0.4, -0.2) is 28.4 Å². The number of para-hydroxylation sites is 1. The highest BCUT2D eigenvalue weighted by molar-refractivity contribution is 7.18. The number of rotatable bonds is 3. The van der Waals surface area contributed by atoms with E-state index < -0.39 is 0 Å². The minimum absolute atomic E-state index is 0. The first-order valence-electron chi connectivity index (χ1n) is 7.86. The van der Waals surface area contributed by atoms with Gasteiger partial charge in [0.05, 0.1) is 22.7 Å². The van der Waals surface area contributed by atoms with E-state index in [4.69, 9.17) is 5.73 Å². The predicted octanol–water partition coefficient (Wildman–Crippen LogP) is 4.01. The summed E-state index contributed by atoms with van der Waals surface area (Å²) < 4.78 is 1.17. The van der Waals surface area contributed by atoms with Crippen LogP contribution in [0.15, 0.2) is 24.3 Å². The number of hydrogen-bond acceptors (Lipinski definition) is 4. The van der Waals surface area contributed by atoms with Gasteiger partial charge >= 0.3 is 0 Å². The lowest BCUT2D eigenvalue weighted by Gasteiger charge is -2.39. The van der Waals surface area contributed by atoms with Crippen LogP contribution in [0.5, 0.6) is 0 Å². The molecule has 3 rings (SSSR count). The van der Waals surface area contributed by atoms with E-state index >= 15 is 0 Å². The minimum atomic E-state index is -0.378. The molecule has 2 unspecified atom stereocenters. The molecule has 2 aromatic rings. The zero-order valence-corrected chi connectivity index (χ0v) is 16.5. The van der Waals surface area contributed by atoms with Gasteiger partial charge in [0.1, 0.15) is 5.01 Å². The van der Waals surface area contributed by atoms with Crippen LogP contribution in [0.3, 0.4) is 0 Å². The van der Waals surface area contributed by atoms with Gasteiger partial charge in [-0.1, -0.05) is 25.0 Å². The van der Waals surface area contributed by atoms with Crippen LogP contribution in [0.4, 0.5) is 0 Å². The van der Waals surface area contributed by atoms with Crippen molar-refractivity contribution < 1.29 is 4.79 Å². The van der Waals surface area contributed by atoms with Crippen LogP contribution in [0.2, 0.25) is 0 Å². The van der Waals surface area contributed by atoms with E-state index in [2.05, 4.69) is 11.1 Å². The summed E-state index contributed by atoms with van der Waals surface area (Å²) in [5, 5.41) is 0.978. The third kappa shape index (κ3) is 4.39. The van der Waals surface area contributed by atoms with Crippen LogP contribution in [0.25, 0.3) is 10.2 Å². The Balaban J connectivity index is 0.00000144. The number of hydrogen-bond donors (Lipinski definition) is 1. The van der Waals surface area contributed by atoms with Crippen molar-refractivity contribution in [3.63, 3.8) is 0 Å². The molecule has 0 saturated heterocycles. The summed E-state index contributed by atoms with van der Waals surface area (Å²) in [6.45, 7) is 2.57. The van der Waals surface area contributed by atoms with Gasteiger partial charge in [-0.25, -0.2) is 4.98 Å². The van der Waals surface area contributed by atoms with Gasteiger partial charge in [-0.05, 0) is 31.9 Å². The van der Waals surface area contributed by atoms with Gasteiger partial charge in [0.15, 0.2) is 0 Å². The number of fused-ring (bicyclic) bond motifs is 1. The molecule has 0 aliphatic heterocycles. The third-order valence-corrected chi connectivity index (χ3v) is 5.66. The second-order valence-electron chi connectivity index (χ2n) is 6.57. The largest absolute Gasteiger partial charge is 0.339 e. The Morgan fingerprint density at radius 1 is 1.38 bits per heavy atom. The highest BCUT2D eigenvalue weighted by Gasteiger charge is 2.39. The van der Waals surface area contributed by atoms with Crippen LogP contribution in [-0.2, 0) is 11.3 Å². The van der Waals surface area contributed by atoms with Crippen molar-refractivity contribution in [2.24, 2.45) is 11.7 Å². The van der Waals surface area contributed by atoms with Crippen LogP contribution in [0.1, 0.15) is 37.6 Å². The molecule has 1 aromatic heterocycles. The number of thiazole rings is 1. The number of nitrogens with zero attached hydrogens (tertiary/aromatic N) is 2. The minimum Gasteiger partial charge on any atom is -0.339 e. The van der Waals surface area contributed by atoms with Gasteiger partial charge < -0.3 is 10.6 Å². The van der Waals surface area contributed by atoms with Crippen molar-refractivity contribution in [1.82, 2.24) is 9.88 Å². The lowest BCUT2D eigenvalue weighted by atomic mass is 9.74. The zero-order chi connectivity index (χ0) is 15.7. The van der Waals surface area contributed by atoms with E-state index in [-0.39, 0.29) is 42.2 Å². The molecular weight excluding hydrogens is 365 g/mol. The Morgan fingerprint density at radius 3 is 2.75 bits per heavy atom. The topological polar surface area (TPSA) is 59.2 Å². The fourth-order valence-corrected chi connectivity index (χ4v) is 4.32. The van der Waals surface area contributed by atoms with Gasteiger partial charge in [-0.3, -0.25) is 4.79 Å². The maximum absolute atomic E-state index is 12.8. The first kappa shape index (κ1) is 21.2. The second-order valence-corrected chi connectivity index (χ2v) is 7.69. The smallest absolute Gasteiger partial charge is 0.227 e. The van der Waals surface area contributed by atoms with Gasteiger partial charge in [0, 0.05) is 12.6 Å². The summed E-state index contributed by atoms with van der Waals surface area (Å²) >= 11 is 1.65. The van der Waals surface area contributed by atoms with Crippen molar-refractivity contribution >= 4 is 52.3 Å². The number of carbonyl (C=O) groups is 1. The molecule has 1 heterocycles. The van der Waals surface area contributed by atoms with Crippen LogP contribution < -0.4 is 5.73 Å². The monoisotopic (exact) mass is 389 g/mol. The van der Waals surface area contributed by atoms with Gasteiger partial charge in [0.2, 0.25) is 5.91 Å². The summed E-state index contributed by atoms with van der Waals surface area (Å²) in [7, 11) is 1.86. The van der Waals surface area contributed by atoms with Crippen molar-refractivity contribution in [2.45, 2.75) is 44.7 Å². The maximum atomic E-state index is 12.8. The molecule has 0 bridgehead atoms.